The van der Waals surface area contributed by atoms with E-state index in [1.165, 1.54) is 22.2 Å². The summed E-state index contributed by atoms with van der Waals surface area (Å²) < 4.78 is 0. The minimum Gasteiger partial charge on any atom is -0.338 e. The normalized spacial score (nSPS) is 15.0. The van der Waals surface area contributed by atoms with Crippen LogP contribution in [0.15, 0.2) is 41.8 Å². The number of thiophene rings is 1. The number of rotatable bonds is 5. The van der Waals surface area contributed by atoms with Crippen LogP contribution in [0, 0.1) is 5.92 Å². The summed E-state index contributed by atoms with van der Waals surface area (Å²) in [7, 11) is 0. The molecule has 2 aromatic rings. The molecule has 3 rings (SSSR count). The van der Waals surface area contributed by atoms with Crippen molar-refractivity contribution in [3.8, 4) is 0 Å². The molecule has 0 spiro atoms. The number of carbonyl (C=O) groups is 2. The summed E-state index contributed by atoms with van der Waals surface area (Å²) in [6, 6.07) is 12.2. The number of carbonyl (C=O) groups excluding carboxylic acids is 2. The fraction of sp³-hybridized carbons (Fsp3) is 0.368. The zero-order chi connectivity index (χ0) is 16.9. The Morgan fingerprint density at radius 3 is 2.79 bits per heavy atom. The van der Waals surface area contributed by atoms with Gasteiger partial charge in [-0.25, -0.2) is 0 Å². The summed E-state index contributed by atoms with van der Waals surface area (Å²) in [4.78, 5) is 27.8. The highest BCUT2D eigenvalue weighted by Gasteiger charge is 2.28. The van der Waals surface area contributed by atoms with Crippen molar-refractivity contribution in [2.45, 2.75) is 26.3 Å². The van der Waals surface area contributed by atoms with Gasteiger partial charge in [-0.05, 0) is 35.4 Å². The highest BCUT2D eigenvalue weighted by molar-refractivity contribution is 8.13. The lowest BCUT2D eigenvalue weighted by Gasteiger charge is -2.30. The Balaban J connectivity index is 1.72. The topological polar surface area (TPSA) is 37.4 Å². The summed E-state index contributed by atoms with van der Waals surface area (Å²) in [6.45, 7) is 3.04. The lowest BCUT2D eigenvalue weighted by Crippen LogP contribution is -2.41. The average molecular weight is 360 g/mol. The van der Waals surface area contributed by atoms with E-state index in [2.05, 4.69) is 11.4 Å². The highest BCUT2D eigenvalue weighted by Crippen LogP contribution is 2.26. The van der Waals surface area contributed by atoms with E-state index in [1.54, 1.807) is 18.3 Å². The number of nitrogens with zero attached hydrogens (tertiary/aromatic N) is 1. The molecule has 24 heavy (non-hydrogen) atoms. The molecule has 0 bridgehead atoms. The highest BCUT2D eigenvalue weighted by atomic mass is 32.2. The molecule has 1 amide bonds. The van der Waals surface area contributed by atoms with Crippen molar-refractivity contribution in [2.24, 2.45) is 5.92 Å². The molecule has 1 aromatic carbocycles. The van der Waals surface area contributed by atoms with Gasteiger partial charge in [0.1, 0.15) is 0 Å². The van der Waals surface area contributed by atoms with Gasteiger partial charge in [0, 0.05) is 30.6 Å². The molecule has 0 N–H and O–H groups in total. The van der Waals surface area contributed by atoms with Crippen LogP contribution in [-0.2, 0) is 29.0 Å². The average Bonchev–Trinajstić information content (AvgIpc) is 3.06. The molecule has 5 heteroatoms. The van der Waals surface area contributed by atoms with Crippen molar-refractivity contribution in [1.82, 2.24) is 4.90 Å². The molecular weight excluding hydrogens is 338 g/mol. The van der Waals surface area contributed by atoms with Gasteiger partial charge in [-0.15, -0.1) is 11.3 Å². The van der Waals surface area contributed by atoms with E-state index in [4.69, 9.17) is 0 Å². The second kappa shape index (κ2) is 7.99. The maximum Gasteiger partial charge on any atom is 0.227 e. The van der Waals surface area contributed by atoms with Crippen molar-refractivity contribution < 1.29 is 9.59 Å². The number of hydrogen-bond donors (Lipinski definition) is 0. The monoisotopic (exact) mass is 359 g/mol. The molecule has 1 unspecified atom stereocenters. The van der Waals surface area contributed by atoms with E-state index in [-0.39, 0.29) is 16.9 Å². The zero-order valence-corrected chi connectivity index (χ0v) is 15.4. The number of thioether (sulfide) groups is 1. The third kappa shape index (κ3) is 4.28. The standard InChI is InChI=1S/C19H21NO2S2/c1-14(21)24-13-17(11-15-5-3-2-4-6-15)19(22)20-9-7-18-16(12-20)8-10-23-18/h2-6,8,10,17H,7,9,11-13H2,1H3. The zero-order valence-electron chi connectivity index (χ0n) is 13.7. The summed E-state index contributed by atoms with van der Waals surface area (Å²) in [5, 5.41) is 2.17. The second-order valence-corrected chi connectivity index (χ2v) is 8.27. The second-order valence-electron chi connectivity index (χ2n) is 6.07. The minimum atomic E-state index is -0.151. The molecular formula is C19H21NO2S2. The predicted molar refractivity (Wildman–Crippen MR) is 100 cm³/mol. The van der Waals surface area contributed by atoms with Crippen LogP contribution in [-0.4, -0.2) is 28.2 Å². The largest absolute Gasteiger partial charge is 0.338 e. The van der Waals surface area contributed by atoms with Crippen LogP contribution < -0.4 is 0 Å². The Morgan fingerprint density at radius 1 is 1.25 bits per heavy atom. The quantitative estimate of drug-likeness (QED) is 0.815. The molecule has 126 valence electrons. The molecule has 1 aliphatic heterocycles. The van der Waals surface area contributed by atoms with Crippen LogP contribution in [0.2, 0.25) is 0 Å². The molecule has 1 atom stereocenters. The van der Waals surface area contributed by atoms with Gasteiger partial charge in [0.25, 0.3) is 0 Å². The summed E-state index contributed by atoms with van der Waals surface area (Å²) in [6.07, 6.45) is 1.63. The van der Waals surface area contributed by atoms with E-state index in [9.17, 15) is 9.59 Å². The van der Waals surface area contributed by atoms with E-state index < -0.39 is 0 Å². The van der Waals surface area contributed by atoms with Gasteiger partial charge in [-0.3, -0.25) is 9.59 Å². The van der Waals surface area contributed by atoms with Gasteiger partial charge in [-0.2, -0.15) is 0 Å². The number of benzene rings is 1. The van der Waals surface area contributed by atoms with Crippen molar-refractivity contribution in [3.05, 3.63) is 57.8 Å². The molecule has 1 aromatic heterocycles. The maximum absolute atomic E-state index is 13.1. The smallest absolute Gasteiger partial charge is 0.227 e. The summed E-state index contributed by atoms with van der Waals surface area (Å²) >= 11 is 3.03. The van der Waals surface area contributed by atoms with E-state index >= 15 is 0 Å². The van der Waals surface area contributed by atoms with Crippen LogP contribution in [0.4, 0.5) is 0 Å². The molecule has 1 aliphatic rings. The Labute approximate surface area is 151 Å². The first-order valence-electron chi connectivity index (χ1n) is 8.15. The molecule has 3 nitrogen and oxygen atoms in total. The van der Waals surface area contributed by atoms with E-state index in [0.29, 0.717) is 18.7 Å². The molecule has 0 fully saturated rings. The SMILES string of the molecule is CC(=O)SCC(Cc1ccccc1)C(=O)N1CCc2sccc2C1. The van der Waals surface area contributed by atoms with E-state index in [1.807, 2.05) is 35.2 Å². The maximum atomic E-state index is 13.1. The van der Waals surface area contributed by atoms with Gasteiger partial charge < -0.3 is 4.90 Å². The lowest BCUT2D eigenvalue weighted by atomic mass is 9.98. The van der Waals surface area contributed by atoms with Gasteiger partial charge in [0.05, 0.1) is 5.92 Å². The van der Waals surface area contributed by atoms with Crippen molar-refractivity contribution in [3.63, 3.8) is 0 Å². The van der Waals surface area contributed by atoms with Crippen molar-refractivity contribution in [1.29, 1.82) is 0 Å². The van der Waals surface area contributed by atoms with Crippen LogP contribution >= 0.6 is 23.1 Å². The number of fused-ring (bicyclic) bond motifs is 1. The molecule has 0 radical (unpaired) electrons. The number of hydrogen-bond acceptors (Lipinski definition) is 4. The van der Waals surface area contributed by atoms with Crippen LogP contribution in [0.3, 0.4) is 0 Å². The Hall–Kier alpha value is -1.59. The van der Waals surface area contributed by atoms with Gasteiger partial charge in [0.2, 0.25) is 5.91 Å². The molecule has 0 aliphatic carbocycles. The van der Waals surface area contributed by atoms with Crippen LogP contribution in [0.5, 0.6) is 0 Å². The Kier molecular flexibility index (Phi) is 5.74. The van der Waals surface area contributed by atoms with Crippen molar-refractivity contribution >= 4 is 34.1 Å². The Bertz CT molecular complexity index is 711. The Morgan fingerprint density at radius 2 is 2.04 bits per heavy atom. The first-order valence-corrected chi connectivity index (χ1v) is 10.0. The van der Waals surface area contributed by atoms with E-state index in [0.717, 1.165) is 18.5 Å². The third-order valence-corrected chi connectivity index (χ3v) is 6.28. The summed E-state index contributed by atoms with van der Waals surface area (Å²) in [5.41, 5.74) is 2.42. The summed E-state index contributed by atoms with van der Waals surface area (Å²) in [5.74, 6) is 0.571. The van der Waals surface area contributed by atoms with Gasteiger partial charge in [-0.1, -0.05) is 42.1 Å². The third-order valence-electron chi connectivity index (χ3n) is 4.28. The molecule has 0 saturated heterocycles. The first-order chi connectivity index (χ1) is 11.6. The fourth-order valence-corrected chi connectivity index (χ4v) is 4.61. The minimum absolute atomic E-state index is 0.0691. The molecule has 2 heterocycles. The number of amides is 1. The molecule has 0 saturated carbocycles. The lowest BCUT2D eigenvalue weighted by molar-refractivity contribution is -0.135. The van der Waals surface area contributed by atoms with Gasteiger partial charge in [0.15, 0.2) is 5.12 Å². The van der Waals surface area contributed by atoms with Crippen molar-refractivity contribution in [2.75, 3.05) is 12.3 Å². The van der Waals surface area contributed by atoms with Gasteiger partial charge >= 0.3 is 0 Å². The first kappa shape index (κ1) is 17.2. The predicted octanol–water partition coefficient (Wildman–Crippen LogP) is 3.77. The van der Waals surface area contributed by atoms with Crippen LogP contribution in [0.1, 0.15) is 22.9 Å². The van der Waals surface area contributed by atoms with Crippen LogP contribution in [0.25, 0.3) is 0 Å². The fourth-order valence-electron chi connectivity index (χ4n) is 3.03.